The normalized spacial score (nSPS) is 16.4. The first-order valence-corrected chi connectivity index (χ1v) is 8.46. The number of sulfone groups is 1. The number of benzene rings is 1. The molecule has 1 aliphatic carbocycles. The first kappa shape index (κ1) is 14.0. The average molecular weight is 304 g/mol. The Hall–Kier alpha value is -1.95. The number of pyridine rings is 1. The van der Waals surface area contributed by atoms with E-state index in [2.05, 4.69) is 4.98 Å². The van der Waals surface area contributed by atoms with E-state index in [0.29, 0.717) is 15.8 Å². The molecule has 110 valence electrons. The number of nitrogens with two attached hydrogens (primary N) is 1. The van der Waals surface area contributed by atoms with Crippen LogP contribution in [0.3, 0.4) is 0 Å². The van der Waals surface area contributed by atoms with E-state index in [-0.39, 0.29) is 10.8 Å². The molecule has 0 spiro atoms. The Morgan fingerprint density at radius 3 is 2.57 bits per heavy atom. The molecule has 1 aliphatic rings. The van der Waals surface area contributed by atoms with Crippen LogP contribution in [0.25, 0.3) is 10.9 Å². The molecule has 0 bridgehead atoms. The van der Waals surface area contributed by atoms with Gasteiger partial charge in [0.1, 0.15) is 0 Å². The maximum Gasteiger partial charge on any atom is 0.250 e. The molecule has 1 amide bonds. The molecule has 1 fully saturated rings. The van der Waals surface area contributed by atoms with Gasteiger partial charge in [0, 0.05) is 11.6 Å². The first-order valence-electron chi connectivity index (χ1n) is 6.92. The van der Waals surface area contributed by atoms with E-state index in [1.165, 1.54) is 6.20 Å². The first-order chi connectivity index (χ1) is 9.98. The fourth-order valence-electron chi connectivity index (χ4n) is 2.81. The largest absolute Gasteiger partial charge is 0.366 e. The fourth-order valence-corrected chi connectivity index (χ4v) is 4.70. The number of fused-ring (bicyclic) bond motifs is 1. The van der Waals surface area contributed by atoms with Crippen LogP contribution in [-0.2, 0) is 9.84 Å². The van der Waals surface area contributed by atoms with E-state index < -0.39 is 15.7 Å². The molecule has 1 aromatic carbocycles. The van der Waals surface area contributed by atoms with Crippen molar-refractivity contribution in [3.63, 3.8) is 0 Å². The highest BCUT2D eigenvalue weighted by molar-refractivity contribution is 7.92. The van der Waals surface area contributed by atoms with Gasteiger partial charge in [0.25, 0.3) is 0 Å². The Kier molecular flexibility index (Phi) is 3.41. The van der Waals surface area contributed by atoms with Crippen LogP contribution < -0.4 is 5.73 Å². The molecular weight excluding hydrogens is 288 g/mol. The number of carbonyl (C=O) groups excluding carboxylic acids is 1. The Balaban J connectivity index is 2.09. The minimum atomic E-state index is -3.31. The molecule has 0 unspecified atom stereocenters. The maximum atomic E-state index is 12.6. The van der Waals surface area contributed by atoms with Crippen molar-refractivity contribution < 1.29 is 13.2 Å². The van der Waals surface area contributed by atoms with Crippen LogP contribution in [0.1, 0.15) is 36.0 Å². The van der Waals surface area contributed by atoms with Crippen LogP contribution in [-0.4, -0.2) is 24.6 Å². The van der Waals surface area contributed by atoms with Gasteiger partial charge in [-0.3, -0.25) is 9.78 Å². The lowest BCUT2D eigenvalue weighted by Crippen LogP contribution is -2.17. The summed E-state index contributed by atoms with van der Waals surface area (Å²) >= 11 is 0. The molecule has 0 saturated heterocycles. The van der Waals surface area contributed by atoms with Crippen LogP contribution in [0.15, 0.2) is 35.4 Å². The highest BCUT2D eigenvalue weighted by Crippen LogP contribution is 2.30. The molecule has 1 saturated carbocycles. The van der Waals surface area contributed by atoms with Crippen LogP contribution in [0.2, 0.25) is 0 Å². The van der Waals surface area contributed by atoms with Gasteiger partial charge in [-0.25, -0.2) is 8.42 Å². The molecule has 6 heteroatoms. The number of hydrogen-bond acceptors (Lipinski definition) is 4. The highest BCUT2D eigenvalue weighted by atomic mass is 32.2. The minimum Gasteiger partial charge on any atom is -0.366 e. The van der Waals surface area contributed by atoms with Gasteiger partial charge < -0.3 is 5.73 Å². The van der Waals surface area contributed by atoms with Crippen molar-refractivity contribution in [3.05, 3.63) is 36.0 Å². The van der Waals surface area contributed by atoms with E-state index in [0.717, 1.165) is 25.7 Å². The summed E-state index contributed by atoms with van der Waals surface area (Å²) in [4.78, 5) is 15.6. The van der Waals surface area contributed by atoms with Crippen molar-refractivity contribution in [1.29, 1.82) is 0 Å². The quantitative estimate of drug-likeness (QED) is 0.939. The van der Waals surface area contributed by atoms with Gasteiger partial charge >= 0.3 is 0 Å². The van der Waals surface area contributed by atoms with Crippen LogP contribution in [0.5, 0.6) is 0 Å². The average Bonchev–Trinajstić information content (AvgIpc) is 3.01. The number of carbonyl (C=O) groups is 1. The molecule has 2 aromatic rings. The Morgan fingerprint density at radius 1 is 1.19 bits per heavy atom. The number of rotatable bonds is 3. The van der Waals surface area contributed by atoms with Crippen molar-refractivity contribution in [3.8, 4) is 0 Å². The van der Waals surface area contributed by atoms with Crippen LogP contribution >= 0.6 is 0 Å². The number of amides is 1. The van der Waals surface area contributed by atoms with E-state index >= 15 is 0 Å². The molecule has 21 heavy (non-hydrogen) atoms. The second kappa shape index (κ2) is 5.11. The summed E-state index contributed by atoms with van der Waals surface area (Å²) in [6.45, 7) is 0. The van der Waals surface area contributed by atoms with Gasteiger partial charge in [0.05, 0.1) is 21.2 Å². The van der Waals surface area contributed by atoms with Gasteiger partial charge in [-0.15, -0.1) is 0 Å². The summed E-state index contributed by atoms with van der Waals surface area (Å²) in [6.07, 6.45) is 4.77. The van der Waals surface area contributed by atoms with Crippen molar-refractivity contribution in [2.24, 2.45) is 5.73 Å². The summed E-state index contributed by atoms with van der Waals surface area (Å²) < 4.78 is 25.2. The van der Waals surface area contributed by atoms with Crippen LogP contribution in [0.4, 0.5) is 0 Å². The summed E-state index contributed by atoms with van der Waals surface area (Å²) in [5.74, 6) is -0.576. The smallest absolute Gasteiger partial charge is 0.250 e. The summed E-state index contributed by atoms with van der Waals surface area (Å²) in [7, 11) is -3.31. The van der Waals surface area contributed by atoms with Gasteiger partial charge in [-0.2, -0.15) is 0 Å². The molecule has 3 rings (SSSR count). The van der Waals surface area contributed by atoms with E-state index in [1.807, 2.05) is 0 Å². The second-order valence-corrected chi connectivity index (χ2v) is 7.62. The summed E-state index contributed by atoms with van der Waals surface area (Å²) in [5.41, 5.74) is 6.15. The van der Waals surface area contributed by atoms with Crippen molar-refractivity contribution in [2.45, 2.75) is 35.8 Å². The molecule has 5 nitrogen and oxygen atoms in total. The topological polar surface area (TPSA) is 90.1 Å². The third kappa shape index (κ3) is 2.51. The van der Waals surface area contributed by atoms with Crippen LogP contribution in [0, 0.1) is 0 Å². The lowest BCUT2D eigenvalue weighted by molar-refractivity contribution is 0.1000. The third-order valence-electron chi connectivity index (χ3n) is 4.01. The monoisotopic (exact) mass is 304 g/mol. The molecule has 0 atom stereocenters. The number of aromatic nitrogens is 1. The molecule has 1 aromatic heterocycles. The van der Waals surface area contributed by atoms with Gasteiger partial charge in [-0.1, -0.05) is 12.8 Å². The minimum absolute atomic E-state index is 0.276. The Morgan fingerprint density at radius 2 is 1.90 bits per heavy atom. The van der Waals surface area contributed by atoms with E-state index in [1.54, 1.807) is 24.3 Å². The van der Waals surface area contributed by atoms with E-state index in [4.69, 9.17) is 5.73 Å². The van der Waals surface area contributed by atoms with Crippen molar-refractivity contribution in [2.75, 3.05) is 0 Å². The predicted molar refractivity (Wildman–Crippen MR) is 79.7 cm³/mol. The third-order valence-corrected chi connectivity index (χ3v) is 6.27. The number of primary amides is 1. The number of hydrogen-bond donors (Lipinski definition) is 1. The van der Waals surface area contributed by atoms with Crippen molar-refractivity contribution >= 4 is 26.6 Å². The lowest BCUT2D eigenvalue weighted by Gasteiger charge is -2.11. The predicted octanol–water partition coefficient (Wildman–Crippen LogP) is 2.05. The number of nitrogens with zero attached hydrogens (tertiary/aromatic N) is 1. The maximum absolute atomic E-state index is 12.6. The fraction of sp³-hybridized carbons (Fsp3) is 0.333. The Bertz CT molecular complexity index is 809. The highest BCUT2D eigenvalue weighted by Gasteiger charge is 2.30. The van der Waals surface area contributed by atoms with Gasteiger partial charge in [0.2, 0.25) is 5.91 Å². The van der Waals surface area contributed by atoms with E-state index in [9.17, 15) is 13.2 Å². The van der Waals surface area contributed by atoms with Crippen molar-refractivity contribution in [1.82, 2.24) is 4.98 Å². The second-order valence-electron chi connectivity index (χ2n) is 5.39. The molecule has 0 radical (unpaired) electrons. The summed E-state index contributed by atoms with van der Waals surface area (Å²) in [6, 6.07) is 6.43. The SMILES string of the molecule is NC(=O)c1cnc2ccc(S(=O)(=O)C3CCCC3)cc2c1. The Labute approximate surface area is 123 Å². The lowest BCUT2D eigenvalue weighted by atomic mass is 10.1. The molecule has 0 aliphatic heterocycles. The zero-order valence-corrected chi connectivity index (χ0v) is 12.3. The summed E-state index contributed by atoms with van der Waals surface area (Å²) in [5, 5.41) is 0.326. The van der Waals surface area contributed by atoms with Gasteiger partial charge in [-0.05, 0) is 37.1 Å². The zero-order chi connectivity index (χ0) is 15.0. The standard InChI is InChI=1S/C15H16N2O3S/c16-15(18)11-7-10-8-13(5-6-14(10)17-9-11)21(19,20)12-3-1-2-4-12/h5-9,12H,1-4H2,(H2,16,18). The molecule has 1 heterocycles. The van der Waals surface area contributed by atoms with Gasteiger partial charge in [0.15, 0.2) is 9.84 Å². The molecule has 2 N–H and O–H groups in total. The molecular formula is C15H16N2O3S. The zero-order valence-electron chi connectivity index (χ0n) is 11.5.